The lowest BCUT2D eigenvalue weighted by Crippen LogP contribution is -2.53. The number of unbranched alkanes of at least 4 members (excludes halogenated alkanes) is 2. The second kappa shape index (κ2) is 5.72. The summed E-state index contributed by atoms with van der Waals surface area (Å²) in [7, 11) is 0. The van der Waals surface area contributed by atoms with E-state index in [2.05, 4.69) is 11.2 Å². The van der Waals surface area contributed by atoms with E-state index < -0.39 is 11.5 Å². The monoisotopic (exact) mass is 237 g/mol. The van der Waals surface area contributed by atoms with Gasteiger partial charge in [-0.05, 0) is 38.5 Å². The van der Waals surface area contributed by atoms with Gasteiger partial charge in [-0.15, -0.1) is 12.3 Å². The molecule has 1 saturated carbocycles. The van der Waals surface area contributed by atoms with Gasteiger partial charge in [-0.1, -0.05) is 0 Å². The molecule has 2 N–H and O–H groups in total. The van der Waals surface area contributed by atoms with Crippen molar-refractivity contribution >= 4 is 11.9 Å². The third-order valence-corrected chi connectivity index (χ3v) is 3.21. The van der Waals surface area contributed by atoms with E-state index in [0.717, 1.165) is 19.3 Å². The Balaban J connectivity index is 2.38. The number of aliphatic carboxylic acids is 1. The standard InChI is InChI=1S/C13H19NO3/c1-3-4-5-6-7-11(15)14-13(2,12(16)17)10-8-9-10/h1,10H,4-9H2,2H3,(H,14,15)(H,16,17). The van der Waals surface area contributed by atoms with E-state index in [0.29, 0.717) is 19.3 Å². The quantitative estimate of drug-likeness (QED) is 0.521. The molecule has 0 radical (unpaired) electrons. The van der Waals surface area contributed by atoms with Crippen molar-refractivity contribution in [1.29, 1.82) is 0 Å². The maximum Gasteiger partial charge on any atom is 0.329 e. The van der Waals surface area contributed by atoms with Crippen LogP contribution in [0.15, 0.2) is 0 Å². The molecule has 0 saturated heterocycles. The number of carbonyl (C=O) groups is 2. The van der Waals surface area contributed by atoms with Gasteiger partial charge in [0.2, 0.25) is 5.91 Å². The zero-order valence-electron chi connectivity index (χ0n) is 10.2. The number of carbonyl (C=O) groups excluding carboxylic acids is 1. The molecule has 17 heavy (non-hydrogen) atoms. The van der Waals surface area contributed by atoms with E-state index in [9.17, 15) is 9.59 Å². The first kappa shape index (κ1) is 13.6. The molecule has 0 aliphatic heterocycles. The van der Waals surface area contributed by atoms with Gasteiger partial charge in [-0.3, -0.25) is 4.79 Å². The highest BCUT2D eigenvalue weighted by Gasteiger charge is 2.48. The zero-order valence-corrected chi connectivity index (χ0v) is 10.2. The van der Waals surface area contributed by atoms with E-state index in [-0.39, 0.29) is 11.8 Å². The van der Waals surface area contributed by atoms with Crippen molar-refractivity contribution < 1.29 is 14.7 Å². The van der Waals surface area contributed by atoms with Gasteiger partial charge in [0.15, 0.2) is 0 Å². The minimum atomic E-state index is -1.09. The summed E-state index contributed by atoms with van der Waals surface area (Å²) in [5.41, 5.74) is -1.09. The second-order valence-corrected chi connectivity index (χ2v) is 4.74. The maximum atomic E-state index is 11.6. The van der Waals surface area contributed by atoms with Crippen molar-refractivity contribution in [3.8, 4) is 12.3 Å². The molecule has 1 aliphatic rings. The van der Waals surface area contributed by atoms with Crippen molar-refractivity contribution in [2.75, 3.05) is 0 Å². The summed E-state index contributed by atoms with van der Waals surface area (Å²) >= 11 is 0. The van der Waals surface area contributed by atoms with Crippen LogP contribution < -0.4 is 5.32 Å². The third kappa shape index (κ3) is 3.77. The Hall–Kier alpha value is -1.50. The van der Waals surface area contributed by atoms with Crippen LogP contribution in [0.1, 0.15) is 45.4 Å². The summed E-state index contributed by atoms with van der Waals surface area (Å²) in [6.07, 6.45) is 9.37. The number of hydrogen-bond acceptors (Lipinski definition) is 2. The van der Waals surface area contributed by atoms with E-state index >= 15 is 0 Å². The molecular formula is C13H19NO3. The van der Waals surface area contributed by atoms with Gasteiger partial charge in [0.1, 0.15) is 5.54 Å². The predicted octanol–water partition coefficient (Wildman–Crippen LogP) is 1.55. The van der Waals surface area contributed by atoms with Gasteiger partial charge in [0.25, 0.3) is 0 Å². The van der Waals surface area contributed by atoms with Crippen molar-refractivity contribution in [2.24, 2.45) is 5.92 Å². The minimum Gasteiger partial charge on any atom is -0.480 e. The SMILES string of the molecule is C#CCCCCC(=O)NC(C)(C(=O)O)C1CC1. The number of terminal acetylenes is 1. The number of carboxylic acid groups (broad SMARTS) is 1. The average molecular weight is 237 g/mol. The molecule has 1 aliphatic carbocycles. The van der Waals surface area contributed by atoms with Gasteiger partial charge in [0.05, 0.1) is 0 Å². The zero-order chi connectivity index (χ0) is 12.9. The lowest BCUT2D eigenvalue weighted by molar-refractivity contribution is -0.147. The Morgan fingerprint density at radius 3 is 2.59 bits per heavy atom. The molecule has 0 heterocycles. The molecule has 94 valence electrons. The summed E-state index contributed by atoms with van der Waals surface area (Å²) in [6, 6.07) is 0. The lowest BCUT2D eigenvalue weighted by atomic mass is 9.95. The molecule has 1 amide bonds. The number of carboxylic acids is 1. The molecule has 4 heteroatoms. The first-order valence-electron chi connectivity index (χ1n) is 5.98. The largest absolute Gasteiger partial charge is 0.480 e. The van der Waals surface area contributed by atoms with Gasteiger partial charge < -0.3 is 10.4 Å². The summed E-state index contributed by atoms with van der Waals surface area (Å²) < 4.78 is 0. The molecule has 0 bridgehead atoms. The summed E-state index contributed by atoms with van der Waals surface area (Å²) in [5, 5.41) is 11.8. The van der Waals surface area contributed by atoms with E-state index in [1.165, 1.54) is 0 Å². The van der Waals surface area contributed by atoms with Crippen molar-refractivity contribution in [3.63, 3.8) is 0 Å². The van der Waals surface area contributed by atoms with Crippen molar-refractivity contribution in [2.45, 2.75) is 51.0 Å². The second-order valence-electron chi connectivity index (χ2n) is 4.74. The van der Waals surface area contributed by atoms with E-state index in [1.54, 1.807) is 6.92 Å². The smallest absolute Gasteiger partial charge is 0.329 e. The van der Waals surface area contributed by atoms with Crippen molar-refractivity contribution in [3.05, 3.63) is 0 Å². The van der Waals surface area contributed by atoms with Crippen LogP contribution in [0.4, 0.5) is 0 Å². The van der Waals surface area contributed by atoms with Crippen LogP contribution >= 0.6 is 0 Å². The minimum absolute atomic E-state index is 0.0784. The highest BCUT2D eigenvalue weighted by molar-refractivity contribution is 5.87. The van der Waals surface area contributed by atoms with Crippen LogP contribution in [0.25, 0.3) is 0 Å². The number of nitrogens with one attached hydrogen (secondary N) is 1. The topological polar surface area (TPSA) is 66.4 Å². The van der Waals surface area contributed by atoms with Crippen LogP contribution in [-0.2, 0) is 9.59 Å². The van der Waals surface area contributed by atoms with E-state index in [4.69, 9.17) is 11.5 Å². The van der Waals surface area contributed by atoms with Crippen LogP contribution in [-0.4, -0.2) is 22.5 Å². The van der Waals surface area contributed by atoms with Gasteiger partial charge >= 0.3 is 5.97 Å². The molecule has 1 atom stereocenters. The first-order chi connectivity index (χ1) is 8.00. The molecule has 1 fully saturated rings. The van der Waals surface area contributed by atoms with Crippen LogP contribution in [0.5, 0.6) is 0 Å². The maximum absolute atomic E-state index is 11.6. The molecule has 1 unspecified atom stereocenters. The predicted molar refractivity (Wildman–Crippen MR) is 64.2 cm³/mol. The Bertz CT molecular complexity index is 341. The van der Waals surface area contributed by atoms with Gasteiger partial charge in [0, 0.05) is 12.8 Å². The number of hydrogen-bond donors (Lipinski definition) is 2. The fraction of sp³-hybridized carbons (Fsp3) is 0.692. The fourth-order valence-electron chi connectivity index (χ4n) is 1.86. The number of rotatable bonds is 7. The Kier molecular flexibility index (Phi) is 4.56. The first-order valence-corrected chi connectivity index (χ1v) is 5.98. The highest BCUT2D eigenvalue weighted by Crippen LogP contribution is 2.39. The molecule has 1 rings (SSSR count). The van der Waals surface area contributed by atoms with Crippen LogP contribution in [0.2, 0.25) is 0 Å². The highest BCUT2D eigenvalue weighted by atomic mass is 16.4. The molecule has 0 aromatic heterocycles. The Morgan fingerprint density at radius 1 is 1.47 bits per heavy atom. The van der Waals surface area contributed by atoms with Crippen LogP contribution in [0.3, 0.4) is 0 Å². The molecule has 4 nitrogen and oxygen atoms in total. The molecule has 0 aromatic rings. The number of amides is 1. The normalized spacial score (nSPS) is 17.9. The lowest BCUT2D eigenvalue weighted by Gasteiger charge is -2.26. The van der Waals surface area contributed by atoms with Gasteiger partial charge in [-0.25, -0.2) is 4.79 Å². The van der Waals surface area contributed by atoms with E-state index in [1.807, 2.05) is 0 Å². The molecule has 0 aromatic carbocycles. The Morgan fingerprint density at radius 2 is 2.12 bits per heavy atom. The fourth-order valence-corrected chi connectivity index (χ4v) is 1.86. The van der Waals surface area contributed by atoms with Gasteiger partial charge in [-0.2, -0.15) is 0 Å². The molecule has 0 spiro atoms. The average Bonchev–Trinajstić information content (AvgIpc) is 3.07. The Labute approximate surface area is 102 Å². The summed E-state index contributed by atoms with van der Waals surface area (Å²) in [5.74, 6) is 1.45. The third-order valence-electron chi connectivity index (χ3n) is 3.21. The van der Waals surface area contributed by atoms with Crippen LogP contribution in [0, 0.1) is 18.3 Å². The summed E-state index contributed by atoms with van der Waals surface area (Å²) in [6.45, 7) is 1.59. The molecular weight excluding hydrogens is 218 g/mol. The van der Waals surface area contributed by atoms with Crippen molar-refractivity contribution in [1.82, 2.24) is 5.32 Å². The summed E-state index contributed by atoms with van der Waals surface area (Å²) in [4.78, 5) is 22.8.